The normalized spacial score (nSPS) is 14.5. The zero-order valence-corrected chi connectivity index (χ0v) is 10.5. The molecule has 0 bridgehead atoms. The minimum absolute atomic E-state index is 0.270. The zero-order chi connectivity index (χ0) is 10.3. The lowest BCUT2D eigenvalue weighted by molar-refractivity contribution is 0.0998. The molecule has 0 aromatic heterocycles. The van der Waals surface area contributed by atoms with E-state index >= 15 is 0 Å². The second-order valence-electron chi connectivity index (χ2n) is 4.24. The molecule has 80 valence electrons. The van der Waals surface area contributed by atoms with Crippen molar-refractivity contribution in [3.63, 3.8) is 0 Å². The first-order chi connectivity index (χ1) is 6.02. The Morgan fingerprint density at radius 2 is 1.92 bits per heavy atom. The smallest absolute Gasteiger partial charge is 0.186 e. The molecule has 0 saturated carbocycles. The lowest BCUT2D eigenvalue weighted by atomic mass is 10.3. The average Bonchev–Trinajstić information content (AvgIpc) is 2.11. The second-order valence-corrected chi connectivity index (χ2v) is 8.54. The Labute approximate surface area is 83.4 Å². The monoisotopic (exact) mass is 204 g/mol. The molecule has 1 N–H and O–H groups in total. The Kier molecular flexibility index (Phi) is 6.64. The summed E-state index contributed by atoms with van der Waals surface area (Å²) in [5, 5.41) is 9.34. The molecular formula is C10H24O2Si. The van der Waals surface area contributed by atoms with E-state index in [0.717, 1.165) is 6.42 Å². The highest BCUT2D eigenvalue weighted by atomic mass is 28.4. The minimum atomic E-state index is -1.46. The summed E-state index contributed by atoms with van der Waals surface area (Å²) in [6.45, 7) is 9.16. The Balaban J connectivity index is 3.61. The van der Waals surface area contributed by atoms with Crippen LogP contribution in [0.25, 0.3) is 0 Å². The summed E-state index contributed by atoms with van der Waals surface area (Å²) in [4.78, 5) is 0. The number of unbranched alkanes of at least 4 members (excludes halogenated alkanes) is 1. The molecule has 0 aromatic rings. The van der Waals surface area contributed by atoms with Crippen LogP contribution in [0, 0.1) is 0 Å². The van der Waals surface area contributed by atoms with Gasteiger partial charge in [-0.05, 0) is 25.6 Å². The fraction of sp³-hybridized carbons (Fsp3) is 1.00. The van der Waals surface area contributed by atoms with Crippen molar-refractivity contribution in [3.05, 3.63) is 0 Å². The third-order valence-corrected chi connectivity index (χ3v) is 4.78. The fourth-order valence-corrected chi connectivity index (χ4v) is 3.11. The van der Waals surface area contributed by atoms with Gasteiger partial charge >= 0.3 is 0 Å². The number of rotatable bonds is 7. The van der Waals surface area contributed by atoms with Crippen LogP contribution < -0.4 is 0 Å². The van der Waals surface area contributed by atoms with Crippen molar-refractivity contribution in [1.29, 1.82) is 0 Å². The zero-order valence-electron chi connectivity index (χ0n) is 9.47. The van der Waals surface area contributed by atoms with Gasteiger partial charge in [0.15, 0.2) is 8.32 Å². The van der Waals surface area contributed by atoms with Crippen LogP contribution in [-0.4, -0.2) is 26.1 Å². The van der Waals surface area contributed by atoms with E-state index in [9.17, 15) is 5.11 Å². The minimum Gasteiger partial charge on any atom is -0.415 e. The van der Waals surface area contributed by atoms with Gasteiger partial charge in [-0.2, -0.15) is 0 Å². The van der Waals surface area contributed by atoms with Crippen molar-refractivity contribution in [2.24, 2.45) is 0 Å². The third-order valence-electron chi connectivity index (χ3n) is 2.27. The van der Waals surface area contributed by atoms with Gasteiger partial charge in [-0.15, -0.1) is 0 Å². The molecule has 0 aliphatic heterocycles. The number of hydrogen-bond donors (Lipinski definition) is 1. The molecule has 0 aliphatic rings. The fourth-order valence-electron chi connectivity index (χ4n) is 1.11. The first-order valence-electron chi connectivity index (χ1n) is 5.34. The Hall–Kier alpha value is 0.137. The molecule has 0 aromatic carbocycles. The summed E-state index contributed by atoms with van der Waals surface area (Å²) in [7, 11) is -1.46. The molecular weight excluding hydrogens is 180 g/mol. The Bertz CT molecular complexity index is 126. The summed E-state index contributed by atoms with van der Waals surface area (Å²) >= 11 is 0. The van der Waals surface area contributed by atoms with Crippen molar-refractivity contribution in [2.75, 3.05) is 6.61 Å². The molecule has 0 rings (SSSR count). The van der Waals surface area contributed by atoms with Crippen LogP contribution in [-0.2, 0) is 4.43 Å². The number of aliphatic hydroxyl groups is 1. The first kappa shape index (κ1) is 13.1. The SMILES string of the molecule is CCCC[Si](C)(C)OCC(O)CC. The first-order valence-corrected chi connectivity index (χ1v) is 8.45. The van der Waals surface area contributed by atoms with Crippen molar-refractivity contribution < 1.29 is 9.53 Å². The highest BCUT2D eigenvalue weighted by molar-refractivity contribution is 6.71. The van der Waals surface area contributed by atoms with Crippen LogP contribution in [0.2, 0.25) is 19.1 Å². The van der Waals surface area contributed by atoms with Gasteiger partial charge < -0.3 is 9.53 Å². The van der Waals surface area contributed by atoms with Gasteiger partial charge in [0.05, 0.1) is 12.7 Å². The van der Waals surface area contributed by atoms with Crippen LogP contribution in [0.15, 0.2) is 0 Å². The molecule has 1 atom stereocenters. The van der Waals surface area contributed by atoms with Gasteiger partial charge in [0.2, 0.25) is 0 Å². The van der Waals surface area contributed by atoms with Crippen LogP contribution in [0.3, 0.4) is 0 Å². The molecule has 3 heteroatoms. The van der Waals surface area contributed by atoms with Crippen LogP contribution in [0.4, 0.5) is 0 Å². The largest absolute Gasteiger partial charge is 0.415 e. The number of hydrogen-bond acceptors (Lipinski definition) is 2. The summed E-state index contributed by atoms with van der Waals surface area (Å²) in [6.07, 6.45) is 3.00. The highest BCUT2D eigenvalue weighted by Gasteiger charge is 2.22. The molecule has 0 heterocycles. The average molecular weight is 204 g/mol. The Morgan fingerprint density at radius 1 is 1.31 bits per heavy atom. The molecule has 13 heavy (non-hydrogen) atoms. The highest BCUT2D eigenvalue weighted by Crippen LogP contribution is 2.15. The molecule has 0 spiro atoms. The van der Waals surface area contributed by atoms with E-state index in [2.05, 4.69) is 20.0 Å². The summed E-state index contributed by atoms with van der Waals surface area (Å²) in [5.41, 5.74) is 0. The second kappa shape index (κ2) is 6.57. The lowest BCUT2D eigenvalue weighted by Gasteiger charge is -2.24. The standard InChI is InChI=1S/C10H24O2Si/c1-5-7-8-13(3,4)12-9-10(11)6-2/h10-11H,5-9H2,1-4H3. The van der Waals surface area contributed by atoms with E-state index in [1.807, 2.05) is 6.92 Å². The van der Waals surface area contributed by atoms with Gasteiger partial charge in [0.25, 0.3) is 0 Å². The molecule has 2 nitrogen and oxygen atoms in total. The van der Waals surface area contributed by atoms with E-state index in [-0.39, 0.29) is 6.10 Å². The predicted octanol–water partition coefficient (Wildman–Crippen LogP) is 2.78. The van der Waals surface area contributed by atoms with Crippen molar-refractivity contribution in [1.82, 2.24) is 0 Å². The van der Waals surface area contributed by atoms with Crippen LogP contribution in [0.5, 0.6) is 0 Å². The summed E-state index contributed by atoms with van der Waals surface area (Å²) < 4.78 is 5.77. The third kappa shape index (κ3) is 7.23. The van der Waals surface area contributed by atoms with Crippen molar-refractivity contribution >= 4 is 8.32 Å². The summed E-state index contributed by atoms with van der Waals surface area (Å²) in [5.74, 6) is 0. The van der Waals surface area contributed by atoms with E-state index in [0.29, 0.717) is 6.61 Å². The van der Waals surface area contributed by atoms with Gasteiger partial charge in [-0.1, -0.05) is 26.7 Å². The number of aliphatic hydroxyl groups excluding tert-OH is 1. The maximum absolute atomic E-state index is 9.34. The molecule has 0 amide bonds. The van der Waals surface area contributed by atoms with Gasteiger partial charge in [0.1, 0.15) is 0 Å². The van der Waals surface area contributed by atoms with E-state index in [4.69, 9.17) is 4.43 Å². The van der Waals surface area contributed by atoms with Gasteiger partial charge in [0, 0.05) is 0 Å². The lowest BCUT2D eigenvalue weighted by Crippen LogP contribution is -2.33. The molecule has 0 saturated heterocycles. The van der Waals surface area contributed by atoms with E-state index in [1.165, 1.54) is 18.9 Å². The van der Waals surface area contributed by atoms with Gasteiger partial charge in [-0.25, -0.2) is 0 Å². The maximum Gasteiger partial charge on any atom is 0.186 e. The van der Waals surface area contributed by atoms with Crippen molar-refractivity contribution in [2.45, 2.75) is 58.4 Å². The predicted molar refractivity (Wildman–Crippen MR) is 59.4 cm³/mol. The summed E-state index contributed by atoms with van der Waals surface area (Å²) in [6, 6.07) is 1.21. The van der Waals surface area contributed by atoms with E-state index in [1.54, 1.807) is 0 Å². The topological polar surface area (TPSA) is 29.5 Å². The van der Waals surface area contributed by atoms with E-state index < -0.39 is 8.32 Å². The maximum atomic E-state index is 9.34. The van der Waals surface area contributed by atoms with Crippen molar-refractivity contribution in [3.8, 4) is 0 Å². The molecule has 0 aliphatic carbocycles. The van der Waals surface area contributed by atoms with Crippen LogP contribution in [0.1, 0.15) is 33.1 Å². The van der Waals surface area contributed by atoms with Gasteiger partial charge in [-0.3, -0.25) is 0 Å². The molecule has 0 fully saturated rings. The quantitative estimate of drug-likeness (QED) is 0.646. The molecule has 1 unspecified atom stereocenters. The molecule has 0 radical (unpaired) electrons. The Morgan fingerprint density at radius 3 is 2.38 bits per heavy atom. The van der Waals surface area contributed by atoms with Crippen LogP contribution >= 0.6 is 0 Å².